The Morgan fingerprint density at radius 2 is 0.962 bits per heavy atom. The first-order valence-electron chi connectivity index (χ1n) is 17.9. The van der Waals surface area contributed by atoms with Crippen molar-refractivity contribution in [2.45, 2.75) is 19.3 Å². The zero-order chi connectivity index (χ0) is 34.6. The van der Waals surface area contributed by atoms with Crippen LogP contribution in [-0.2, 0) is 5.41 Å². The number of hydrogen-bond acceptors (Lipinski definition) is 3. The average molecular weight is 668 g/mol. The molecule has 0 amide bonds. The highest BCUT2D eigenvalue weighted by atomic mass is 16.3. The number of hydrogen-bond donors (Lipinski definition) is 0. The Morgan fingerprint density at radius 1 is 0.385 bits per heavy atom. The maximum Gasteiger partial charge on any atom is 0.143 e. The van der Waals surface area contributed by atoms with Crippen LogP contribution in [0, 0.1) is 0 Å². The van der Waals surface area contributed by atoms with Gasteiger partial charge in [-0.25, -0.2) is 0 Å². The van der Waals surface area contributed by atoms with Crippen molar-refractivity contribution in [1.82, 2.24) is 0 Å². The summed E-state index contributed by atoms with van der Waals surface area (Å²) in [6, 6.07) is 58.9. The van der Waals surface area contributed by atoms with E-state index < -0.39 is 0 Å². The van der Waals surface area contributed by atoms with Gasteiger partial charge < -0.3 is 13.7 Å². The van der Waals surface area contributed by atoms with Crippen molar-refractivity contribution in [3.63, 3.8) is 0 Å². The fourth-order valence-corrected chi connectivity index (χ4v) is 8.71. The van der Waals surface area contributed by atoms with E-state index in [9.17, 15) is 0 Å². The zero-order valence-corrected chi connectivity index (χ0v) is 28.9. The van der Waals surface area contributed by atoms with Gasteiger partial charge in [-0.15, -0.1) is 0 Å². The fourth-order valence-electron chi connectivity index (χ4n) is 8.71. The third kappa shape index (κ3) is 4.14. The quantitative estimate of drug-likeness (QED) is 0.187. The van der Waals surface area contributed by atoms with Crippen LogP contribution in [0.4, 0.5) is 17.1 Å². The van der Waals surface area contributed by atoms with Gasteiger partial charge in [0.15, 0.2) is 0 Å². The minimum absolute atomic E-state index is 0.112. The molecule has 0 atom stereocenters. The number of furan rings is 2. The van der Waals surface area contributed by atoms with E-state index in [2.05, 4.69) is 164 Å². The van der Waals surface area contributed by atoms with Crippen LogP contribution in [0.15, 0.2) is 173 Å². The van der Waals surface area contributed by atoms with Crippen LogP contribution >= 0.6 is 0 Å². The van der Waals surface area contributed by atoms with Crippen molar-refractivity contribution in [2.75, 3.05) is 4.90 Å². The molecule has 52 heavy (non-hydrogen) atoms. The van der Waals surface area contributed by atoms with Crippen LogP contribution in [0.2, 0.25) is 0 Å². The summed E-state index contributed by atoms with van der Waals surface area (Å²) in [7, 11) is 0. The van der Waals surface area contributed by atoms with Gasteiger partial charge in [0.2, 0.25) is 0 Å². The molecule has 0 aliphatic heterocycles. The van der Waals surface area contributed by atoms with Gasteiger partial charge in [-0.2, -0.15) is 0 Å². The lowest BCUT2D eigenvalue weighted by Gasteiger charge is -2.28. The minimum Gasteiger partial charge on any atom is -0.456 e. The summed E-state index contributed by atoms with van der Waals surface area (Å²) in [4.78, 5) is 2.38. The Bertz CT molecular complexity index is 3050. The second-order valence-electron chi connectivity index (χ2n) is 14.5. The molecule has 3 nitrogen and oxygen atoms in total. The van der Waals surface area contributed by atoms with Crippen LogP contribution in [-0.4, -0.2) is 0 Å². The van der Waals surface area contributed by atoms with Crippen molar-refractivity contribution >= 4 is 71.7 Å². The summed E-state index contributed by atoms with van der Waals surface area (Å²) in [5.41, 5.74) is 14.5. The van der Waals surface area contributed by atoms with E-state index >= 15 is 0 Å². The second kappa shape index (κ2) is 10.7. The molecule has 0 fully saturated rings. The first-order valence-corrected chi connectivity index (χ1v) is 17.9. The molecule has 1 aliphatic rings. The number of anilines is 3. The molecule has 0 spiro atoms. The molecule has 0 saturated carbocycles. The number of fused-ring (bicyclic) bond motifs is 11. The summed E-state index contributed by atoms with van der Waals surface area (Å²) < 4.78 is 12.7. The molecule has 3 heteroatoms. The molecule has 246 valence electrons. The number of benzene rings is 8. The van der Waals surface area contributed by atoms with E-state index in [0.717, 1.165) is 71.9 Å². The third-order valence-corrected chi connectivity index (χ3v) is 11.3. The first kappa shape index (κ1) is 29.2. The Balaban J connectivity index is 1.10. The van der Waals surface area contributed by atoms with Crippen molar-refractivity contribution < 1.29 is 8.83 Å². The highest BCUT2D eigenvalue weighted by Gasteiger charge is 2.35. The van der Waals surface area contributed by atoms with Crippen LogP contribution in [0.25, 0.3) is 76.9 Å². The van der Waals surface area contributed by atoms with Crippen molar-refractivity contribution in [3.05, 3.63) is 175 Å². The lowest BCUT2D eigenvalue weighted by molar-refractivity contribution is 0.660. The second-order valence-corrected chi connectivity index (χ2v) is 14.5. The van der Waals surface area contributed by atoms with E-state index in [1.54, 1.807) is 0 Å². The Labute approximate surface area is 301 Å². The van der Waals surface area contributed by atoms with Crippen LogP contribution in [0.1, 0.15) is 25.0 Å². The molecule has 8 aromatic carbocycles. The van der Waals surface area contributed by atoms with E-state index in [1.165, 1.54) is 33.2 Å². The van der Waals surface area contributed by atoms with Gasteiger partial charge in [0.05, 0.1) is 0 Å². The maximum atomic E-state index is 6.41. The monoisotopic (exact) mass is 667 g/mol. The van der Waals surface area contributed by atoms with E-state index in [0.29, 0.717) is 0 Å². The van der Waals surface area contributed by atoms with Crippen molar-refractivity contribution in [3.8, 4) is 22.3 Å². The van der Waals surface area contributed by atoms with Gasteiger partial charge in [-0.3, -0.25) is 0 Å². The standard InChI is InChI=1S/C49H33NO2/c1-49(2)43-16-8-5-12-35(43)36-25-23-33(28-44(36)49)50(32-24-26-47-41(27-32)37-13-6-9-17-45(37)51-47)31-21-19-30(20-22-31)40-29-42-38-14-7-10-18-46(38)52-48(42)39-15-4-3-11-34(39)40/h3-29H,1-2H3. The Hall–Kier alpha value is -6.58. The fraction of sp³-hybridized carbons (Fsp3) is 0.0612. The lowest BCUT2D eigenvalue weighted by Crippen LogP contribution is -2.16. The lowest BCUT2D eigenvalue weighted by atomic mass is 9.82. The molecular weight excluding hydrogens is 635 g/mol. The summed E-state index contributed by atoms with van der Waals surface area (Å²) in [6.07, 6.45) is 0. The predicted octanol–water partition coefficient (Wildman–Crippen LogP) is 14.1. The number of nitrogens with zero attached hydrogens (tertiary/aromatic N) is 1. The van der Waals surface area contributed by atoms with Crippen LogP contribution < -0.4 is 4.90 Å². The van der Waals surface area contributed by atoms with E-state index in [1.807, 2.05) is 18.2 Å². The van der Waals surface area contributed by atoms with Gasteiger partial charge in [0, 0.05) is 49.4 Å². The van der Waals surface area contributed by atoms with Crippen LogP contribution in [0.5, 0.6) is 0 Å². The third-order valence-electron chi connectivity index (χ3n) is 11.3. The summed E-state index contributed by atoms with van der Waals surface area (Å²) >= 11 is 0. The molecule has 2 aromatic heterocycles. The first-order chi connectivity index (χ1) is 25.5. The van der Waals surface area contributed by atoms with Gasteiger partial charge in [0.25, 0.3) is 0 Å². The van der Waals surface area contributed by atoms with Crippen molar-refractivity contribution in [1.29, 1.82) is 0 Å². The average Bonchev–Trinajstić information content (AvgIpc) is 3.83. The molecule has 0 radical (unpaired) electrons. The molecule has 0 bridgehead atoms. The molecule has 0 unspecified atom stereocenters. The smallest absolute Gasteiger partial charge is 0.143 e. The van der Waals surface area contributed by atoms with Gasteiger partial charge in [-0.1, -0.05) is 117 Å². The van der Waals surface area contributed by atoms with Crippen LogP contribution in [0.3, 0.4) is 0 Å². The van der Waals surface area contributed by atoms with Gasteiger partial charge >= 0.3 is 0 Å². The molecule has 0 saturated heterocycles. The van der Waals surface area contributed by atoms with E-state index in [4.69, 9.17) is 8.83 Å². The normalized spacial score (nSPS) is 13.3. The molecular formula is C49H33NO2. The molecule has 11 rings (SSSR count). The van der Waals surface area contributed by atoms with Crippen molar-refractivity contribution in [2.24, 2.45) is 0 Å². The maximum absolute atomic E-state index is 6.41. The molecule has 1 aliphatic carbocycles. The van der Waals surface area contributed by atoms with Gasteiger partial charge in [0.1, 0.15) is 22.3 Å². The minimum atomic E-state index is -0.112. The molecule has 0 N–H and O–H groups in total. The summed E-state index contributed by atoms with van der Waals surface area (Å²) in [5.74, 6) is 0. The Kier molecular flexibility index (Phi) is 6.01. The predicted molar refractivity (Wildman–Crippen MR) is 216 cm³/mol. The summed E-state index contributed by atoms with van der Waals surface area (Å²) in [6.45, 7) is 4.68. The number of rotatable bonds is 4. The highest BCUT2D eigenvalue weighted by Crippen LogP contribution is 2.51. The summed E-state index contributed by atoms with van der Waals surface area (Å²) in [5, 5.41) is 6.80. The zero-order valence-electron chi connectivity index (χ0n) is 28.9. The van der Waals surface area contributed by atoms with E-state index in [-0.39, 0.29) is 5.41 Å². The highest BCUT2D eigenvalue weighted by molar-refractivity contribution is 6.19. The topological polar surface area (TPSA) is 29.5 Å². The largest absolute Gasteiger partial charge is 0.456 e. The molecule has 2 heterocycles. The Morgan fingerprint density at radius 3 is 1.77 bits per heavy atom. The molecule has 10 aromatic rings. The SMILES string of the molecule is CC1(C)c2ccccc2-c2ccc(N(c3ccc(-c4cc5c6ccccc6oc5c5ccccc45)cc3)c3ccc4oc5ccccc5c4c3)cc21. The van der Waals surface area contributed by atoms with Gasteiger partial charge in [-0.05, 0) is 99.4 Å². The number of para-hydroxylation sites is 2.